The van der Waals surface area contributed by atoms with Crippen LogP contribution < -0.4 is 5.73 Å². The highest BCUT2D eigenvalue weighted by Gasteiger charge is 2.09. The van der Waals surface area contributed by atoms with Crippen LogP contribution in [-0.4, -0.2) is 4.21 Å². The molecule has 0 spiro atoms. The third-order valence-corrected chi connectivity index (χ3v) is 3.88. The van der Waals surface area contributed by atoms with E-state index in [0.29, 0.717) is 11.3 Å². The lowest BCUT2D eigenvalue weighted by atomic mass is 10.2. The fraction of sp³-hybridized carbons (Fsp3) is 0.143. The van der Waals surface area contributed by atoms with Gasteiger partial charge in [-0.1, -0.05) is 42.5 Å². The Balaban J connectivity index is 2.06. The molecule has 2 aromatic rings. The Morgan fingerprint density at radius 2 is 1.72 bits per heavy atom. The van der Waals surface area contributed by atoms with Crippen LogP contribution in [-0.2, 0) is 22.3 Å². The van der Waals surface area contributed by atoms with E-state index in [1.807, 2.05) is 30.3 Å². The third kappa shape index (κ3) is 3.17. The minimum Gasteiger partial charge on any atom is -0.396 e. The van der Waals surface area contributed by atoms with Crippen LogP contribution in [0.1, 0.15) is 11.1 Å². The van der Waals surface area contributed by atoms with Gasteiger partial charge in [-0.05, 0) is 11.6 Å². The van der Waals surface area contributed by atoms with Crippen LogP contribution in [0.4, 0.5) is 10.1 Å². The molecule has 2 N–H and O–H groups in total. The predicted molar refractivity (Wildman–Crippen MR) is 72.8 cm³/mol. The van der Waals surface area contributed by atoms with Gasteiger partial charge in [-0.3, -0.25) is 4.21 Å². The summed E-state index contributed by atoms with van der Waals surface area (Å²) < 4.78 is 25.6. The Morgan fingerprint density at radius 3 is 2.44 bits per heavy atom. The van der Waals surface area contributed by atoms with Crippen molar-refractivity contribution < 1.29 is 8.60 Å². The van der Waals surface area contributed by atoms with Gasteiger partial charge in [-0.25, -0.2) is 4.39 Å². The van der Waals surface area contributed by atoms with E-state index < -0.39 is 16.6 Å². The first-order chi connectivity index (χ1) is 8.66. The van der Waals surface area contributed by atoms with Gasteiger partial charge in [0, 0.05) is 22.1 Å². The number of anilines is 1. The molecule has 0 aliphatic heterocycles. The molecule has 0 fully saturated rings. The first kappa shape index (κ1) is 12.8. The molecule has 1 atom stereocenters. The third-order valence-electron chi connectivity index (χ3n) is 2.60. The molecule has 2 rings (SSSR count). The number of nitrogen functional groups attached to an aromatic ring is 1. The van der Waals surface area contributed by atoms with Gasteiger partial charge in [-0.15, -0.1) is 0 Å². The number of benzene rings is 2. The Morgan fingerprint density at radius 1 is 1.00 bits per heavy atom. The van der Waals surface area contributed by atoms with E-state index in [1.165, 1.54) is 6.07 Å². The van der Waals surface area contributed by atoms with Crippen molar-refractivity contribution in [1.82, 2.24) is 0 Å². The lowest BCUT2D eigenvalue weighted by Gasteiger charge is -2.05. The SMILES string of the molecule is Nc1cccc(CS(=O)Cc2ccccc2)c1F. The van der Waals surface area contributed by atoms with Crippen LogP contribution in [0.5, 0.6) is 0 Å². The summed E-state index contributed by atoms with van der Waals surface area (Å²) in [7, 11) is -1.14. The Kier molecular flexibility index (Phi) is 4.10. The highest BCUT2D eigenvalue weighted by molar-refractivity contribution is 7.83. The molecule has 0 amide bonds. The van der Waals surface area contributed by atoms with Crippen molar-refractivity contribution in [3.8, 4) is 0 Å². The molecule has 0 heterocycles. The van der Waals surface area contributed by atoms with Gasteiger partial charge in [0.25, 0.3) is 0 Å². The Hall–Kier alpha value is -1.68. The lowest BCUT2D eigenvalue weighted by Crippen LogP contribution is -2.03. The largest absolute Gasteiger partial charge is 0.396 e. The van der Waals surface area contributed by atoms with Crippen molar-refractivity contribution in [3.05, 3.63) is 65.5 Å². The molecule has 94 valence electrons. The van der Waals surface area contributed by atoms with E-state index in [9.17, 15) is 8.60 Å². The van der Waals surface area contributed by atoms with E-state index >= 15 is 0 Å². The highest BCUT2D eigenvalue weighted by atomic mass is 32.2. The number of nitrogens with two attached hydrogens (primary N) is 1. The van der Waals surface area contributed by atoms with Gasteiger partial charge in [0.2, 0.25) is 0 Å². The number of hydrogen-bond donors (Lipinski definition) is 1. The van der Waals surface area contributed by atoms with E-state index in [1.54, 1.807) is 12.1 Å². The summed E-state index contributed by atoms with van der Waals surface area (Å²) in [5.41, 5.74) is 6.97. The van der Waals surface area contributed by atoms with E-state index in [0.717, 1.165) is 5.56 Å². The summed E-state index contributed by atoms with van der Waals surface area (Å²) in [6.07, 6.45) is 0. The predicted octanol–water partition coefficient (Wildman–Crippen LogP) is 2.86. The number of hydrogen-bond acceptors (Lipinski definition) is 2. The molecule has 0 aliphatic rings. The zero-order valence-electron chi connectivity index (χ0n) is 9.80. The summed E-state index contributed by atoms with van der Waals surface area (Å²) in [5, 5.41) is 0. The van der Waals surface area contributed by atoms with Gasteiger partial charge in [0.1, 0.15) is 5.82 Å². The van der Waals surface area contributed by atoms with Crippen LogP contribution in [0, 0.1) is 5.82 Å². The normalized spacial score (nSPS) is 12.3. The van der Waals surface area contributed by atoms with Crippen molar-refractivity contribution in [2.45, 2.75) is 11.5 Å². The summed E-state index contributed by atoms with van der Waals surface area (Å²) in [6.45, 7) is 0. The van der Waals surface area contributed by atoms with Crippen LogP contribution in [0.2, 0.25) is 0 Å². The summed E-state index contributed by atoms with van der Waals surface area (Å²) in [6, 6.07) is 14.3. The minimum absolute atomic E-state index is 0.101. The van der Waals surface area contributed by atoms with Crippen molar-refractivity contribution in [3.63, 3.8) is 0 Å². The van der Waals surface area contributed by atoms with E-state index in [2.05, 4.69) is 0 Å². The summed E-state index contributed by atoms with van der Waals surface area (Å²) in [5.74, 6) is 0.153. The summed E-state index contributed by atoms with van der Waals surface area (Å²) in [4.78, 5) is 0. The first-order valence-electron chi connectivity index (χ1n) is 5.58. The van der Waals surface area contributed by atoms with Crippen LogP contribution in [0.3, 0.4) is 0 Å². The van der Waals surface area contributed by atoms with Gasteiger partial charge in [-0.2, -0.15) is 0 Å². The maximum atomic E-state index is 13.6. The van der Waals surface area contributed by atoms with Crippen molar-refractivity contribution in [2.24, 2.45) is 0 Å². The molecule has 0 radical (unpaired) electrons. The summed E-state index contributed by atoms with van der Waals surface area (Å²) >= 11 is 0. The molecular weight excluding hydrogens is 249 g/mol. The fourth-order valence-corrected chi connectivity index (χ4v) is 2.93. The fourth-order valence-electron chi connectivity index (χ4n) is 1.70. The van der Waals surface area contributed by atoms with Crippen molar-refractivity contribution in [1.29, 1.82) is 0 Å². The Labute approximate surface area is 108 Å². The van der Waals surface area contributed by atoms with Crippen LogP contribution >= 0.6 is 0 Å². The molecule has 1 unspecified atom stereocenters. The molecule has 18 heavy (non-hydrogen) atoms. The smallest absolute Gasteiger partial charge is 0.150 e. The average molecular weight is 263 g/mol. The second-order valence-electron chi connectivity index (χ2n) is 4.03. The lowest BCUT2D eigenvalue weighted by molar-refractivity contribution is 0.620. The number of halogens is 1. The Bertz CT molecular complexity index is 557. The van der Waals surface area contributed by atoms with Crippen molar-refractivity contribution in [2.75, 3.05) is 5.73 Å². The van der Waals surface area contributed by atoms with Gasteiger partial charge >= 0.3 is 0 Å². The maximum absolute atomic E-state index is 13.6. The monoisotopic (exact) mass is 263 g/mol. The molecule has 0 bridgehead atoms. The maximum Gasteiger partial charge on any atom is 0.150 e. The molecule has 2 aromatic carbocycles. The average Bonchev–Trinajstić information content (AvgIpc) is 2.36. The molecule has 0 aliphatic carbocycles. The van der Waals surface area contributed by atoms with Gasteiger partial charge < -0.3 is 5.73 Å². The van der Waals surface area contributed by atoms with Crippen molar-refractivity contribution >= 4 is 16.5 Å². The zero-order chi connectivity index (χ0) is 13.0. The standard InChI is InChI=1S/C14H14FNOS/c15-14-12(7-4-8-13(14)16)10-18(17)9-11-5-2-1-3-6-11/h1-8H,9-10,16H2. The molecule has 0 saturated carbocycles. The molecule has 4 heteroatoms. The molecule has 0 aromatic heterocycles. The van der Waals surface area contributed by atoms with Crippen LogP contribution in [0.25, 0.3) is 0 Å². The minimum atomic E-state index is -1.14. The molecule has 2 nitrogen and oxygen atoms in total. The zero-order valence-corrected chi connectivity index (χ0v) is 10.6. The number of rotatable bonds is 4. The van der Waals surface area contributed by atoms with Gasteiger partial charge in [0.05, 0.1) is 11.4 Å². The van der Waals surface area contributed by atoms with Crippen LogP contribution in [0.15, 0.2) is 48.5 Å². The highest BCUT2D eigenvalue weighted by Crippen LogP contribution is 2.17. The topological polar surface area (TPSA) is 43.1 Å². The van der Waals surface area contributed by atoms with E-state index in [4.69, 9.17) is 5.73 Å². The first-order valence-corrected chi connectivity index (χ1v) is 7.07. The molecule has 0 saturated heterocycles. The second kappa shape index (κ2) is 5.78. The quantitative estimate of drug-likeness (QED) is 0.862. The van der Waals surface area contributed by atoms with E-state index in [-0.39, 0.29) is 11.4 Å². The molecular formula is C14H14FNOS. The second-order valence-corrected chi connectivity index (χ2v) is 5.49. The van der Waals surface area contributed by atoms with Gasteiger partial charge in [0.15, 0.2) is 0 Å².